The van der Waals surface area contributed by atoms with Crippen LogP contribution in [0.3, 0.4) is 0 Å². The molecule has 0 aromatic carbocycles. The molecule has 0 unspecified atom stereocenters. The van der Waals surface area contributed by atoms with Crippen molar-refractivity contribution in [2.75, 3.05) is 6.54 Å². The highest BCUT2D eigenvalue weighted by molar-refractivity contribution is 5.75. The van der Waals surface area contributed by atoms with Gasteiger partial charge in [-0.3, -0.25) is 9.79 Å². The van der Waals surface area contributed by atoms with Gasteiger partial charge in [0.2, 0.25) is 5.91 Å². The molecule has 5 heteroatoms. The van der Waals surface area contributed by atoms with Crippen molar-refractivity contribution in [3.63, 3.8) is 0 Å². The Bertz CT molecular complexity index is 187. The molecule has 0 heterocycles. The van der Waals surface area contributed by atoms with E-state index in [0.29, 0.717) is 13.0 Å². The number of nitrogens with two attached hydrogens (primary N) is 3. The number of hydrogen-bond donors (Lipinski definition) is 3. The summed E-state index contributed by atoms with van der Waals surface area (Å²) in [6.07, 6.45) is 5.62. The Hall–Kier alpha value is -1.26. The molecule has 0 rings (SSSR count). The first-order valence-corrected chi connectivity index (χ1v) is 4.96. The molecule has 82 valence electrons. The second-order valence-electron chi connectivity index (χ2n) is 3.29. The molecule has 1 amide bonds. The summed E-state index contributed by atoms with van der Waals surface area (Å²) in [4.78, 5) is 14.3. The number of aliphatic imine (C=N–C) groups is 1. The van der Waals surface area contributed by atoms with Crippen LogP contribution in [0, 0.1) is 0 Å². The van der Waals surface area contributed by atoms with E-state index in [1.54, 1.807) is 0 Å². The molecule has 0 spiro atoms. The number of primary amides is 1. The number of unbranched alkanes of at least 4 members (excludes halogenated alkanes) is 4. The molecule has 0 atom stereocenters. The molecular formula is C9H20N4O. The average molecular weight is 200 g/mol. The van der Waals surface area contributed by atoms with Gasteiger partial charge in [-0.05, 0) is 12.8 Å². The molecule has 0 aliphatic carbocycles. The number of hydrogen-bond acceptors (Lipinski definition) is 2. The van der Waals surface area contributed by atoms with Crippen LogP contribution in [-0.2, 0) is 4.79 Å². The fourth-order valence-corrected chi connectivity index (χ4v) is 1.15. The van der Waals surface area contributed by atoms with Crippen molar-refractivity contribution in [2.24, 2.45) is 22.2 Å². The monoisotopic (exact) mass is 200 g/mol. The second kappa shape index (κ2) is 8.34. The Balaban J connectivity index is 3.07. The summed E-state index contributed by atoms with van der Waals surface area (Å²) in [7, 11) is 0. The zero-order valence-corrected chi connectivity index (χ0v) is 8.54. The van der Waals surface area contributed by atoms with Gasteiger partial charge in [-0.1, -0.05) is 19.3 Å². The number of guanidine groups is 1. The maximum atomic E-state index is 10.4. The summed E-state index contributed by atoms with van der Waals surface area (Å²) in [6.45, 7) is 0.693. The minimum atomic E-state index is -0.217. The lowest BCUT2D eigenvalue weighted by molar-refractivity contribution is -0.118. The van der Waals surface area contributed by atoms with E-state index in [0.717, 1.165) is 32.1 Å². The SMILES string of the molecule is NC(=O)CCCCCCCN=C(N)N. The van der Waals surface area contributed by atoms with E-state index in [4.69, 9.17) is 17.2 Å². The van der Waals surface area contributed by atoms with Gasteiger partial charge in [0.25, 0.3) is 0 Å². The zero-order chi connectivity index (χ0) is 10.8. The molecule has 0 bridgehead atoms. The van der Waals surface area contributed by atoms with Crippen molar-refractivity contribution >= 4 is 11.9 Å². The van der Waals surface area contributed by atoms with Gasteiger partial charge in [0.15, 0.2) is 5.96 Å². The molecule has 6 N–H and O–H groups in total. The fourth-order valence-electron chi connectivity index (χ4n) is 1.15. The Morgan fingerprint density at radius 2 is 1.50 bits per heavy atom. The predicted octanol–water partition coefficient (Wildman–Crippen LogP) is 0.0857. The summed E-state index contributed by atoms with van der Waals surface area (Å²) >= 11 is 0. The highest BCUT2D eigenvalue weighted by atomic mass is 16.1. The molecule has 0 saturated heterocycles. The van der Waals surface area contributed by atoms with Gasteiger partial charge in [0.05, 0.1) is 0 Å². The summed E-state index contributed by atoms with van der Waals surface area (Å²) in [5, 5.41) is 0. The highest BCUT2D eigenvalue weighted by Crippen LogP contribution is 2.04. The molecule has 5 nitrogen and oxygen atoms in total. The Morgan fingerprint density at radius 1 is 0.929 bits per heavy atom. The molecule has 0 aromatic rings. The van der Waals surface area contributed by atoms with Crippen LogP contribution in [0.5, 0.6) is 0 Å². The van der Waals surface area contributed by atoms with Crippen LogP contribution in [0.25, 0.3) is 0 Å². The van der Waals surface area contributed by atoms with Gasteiger partial charge in [0.1, 0.15) is 0 Å². The molecule has 0 aromatic heterocycles. The lowest BCUT2D eigenvalue weighted by atomic mass is 10.1. The minimum absolute atomic E-state index is 0.152. The van der Waals surface area contributed by atoms with Crippen LogP contribution in [0.4, 0.5) is 0 Å². The van der Waals surface area contributed by atoms with Crippen LogP contribution in [0.1, 0.15) is 38.5 Å². The molecule has 0 radical (unpaired) electrons. The van der Waals surface area contributed by atoms with Crippen molar-refractivity contribution in [1.82, 2.24) is 0 Å². The molecule has 0 fully saturated rings. The summed E-state index contributed by atoms with van der Waals surface area (Å²) in [6, 6.07) is 0. The Morgan fingerprint density at radius 3 is 2.07 bits per heavy atom. The smallest absolute Gasteiger partial charge is 0.217 e. The molecule has 0 aliphatic heterocycles. The van der Waals surface area contributed by atoms with Gasteiger partial charge >= 0.3 is 0 Å². The first-order valence-electron chi connectivity index (χ1n) is 4.96. The van der Waals surface area contributed by atoms with E-state index in [1.165, 1.54) is 0 Å². The van der Waals surface area contributed by atoms with E-state index in [9.17, 15) is 4.79 Å². The first kappa shape index (κ1) is 12.7. The second-order valence-corrected chi connectivity index (χ2v) is 3.29. The van der Waals surface area contributed by atoms with Crippen LogP contribution in [0.2, 0.25) is 0 Å². The van der Waals surface area contributed by atoms with Crippen LogP contribution >= 0.6 is 0 Å². The quantitative estimate of drug-likeness (QED) is 0.293. The number of nitrogens with zero attached hydrogens (tertiary/aromatic N) is 1. The van der Waals surface area contributed by atoms with Gasteiger partial charge in [-0.2, -0.15) is 0 Å². The first-order chi connectivity index (χ1) is 6.63. The average Bonchev–Trinajstić information content (AvgIpc) is 2.08. The summed E-state index contributed by atoms with van der Waals surface area (Å²) in [5.74, 6) is -0.0655. The third-order valence-corrected chi connectivity index (χ3v) is 1.88. The van der Waals surface area contributed by atoms with Crippen LogP contribution < -0.4 is 17.2 Å². The van der Waals surface area contributed by atoms with E-state index in [2.05, 4.69) is 4.99 Å². The van der Waals surface area contributed by atoms with Crippen molar-refractivity contribution in [3.05, 3.63) is 0 Å². The predicted molar refractivity (Wildman–Crippen MR) is 57.6 cm³/mol. The van der Waals surface area contributed by atoms with E-state index in [-0.39, 0.29) is 11.9 Å². The van der Waals surface area contributed by atoms with Crippen molar-refractivity contribution < 1.29 is 4.79 Å². The lowest BCUT2D eigenvalue weighted by Gasteiger charge is -1.98. The lowest BCUT2D eigenvalue weighted by Crippen LogP contribution is -2.22. The summed E-state index contributed by atoms with van der Waals surface area (Å²) < 4.78 is 0. The number of carbonyl (C=O) groups excluding carboxylic acids is 1. The largest absolute Gasteiger partial charge is 0.370 e. The van der Waals surface area contributed by atoms with E-state index < -0.39 is 0 Å². The maximum absolute atomic E-state index is 10.4. The molecule has 0 aliphatic rings. The normalized spacial score (nSPS) is 9.71. The molecule has 14 heavy (non-hydrogen) atoms. The van der Waals surface area contributed by atoms with Gasteiger partial charge < -0.3 is 17.2 Å². The standard InChI is InChI=1S/C9H20N4O/c10-8(14)6-4-2-1-3-5-7-13-9(11)12/h1-7H2,(H2,10,14)(H4,11,12,13). The molecular weight excluding hydrogens is 180 g/mol. The van der Waals surface area contributed by atoms with Crippen molar-refractivity contribution in [2.45, 2.75) is 38.5 Å². The number of amides is 1. The van der Waals surface area contributed by atoms with Gasteiger partial charge in [-0.15, -0.1) is 0 Å². The highest BCUT2D eigenvalue weighted by Gasteiger charge is 1.94. The fraction of sp³-hybridized carbons (Fsp3) is 0.778. The number of carbonyl (C=O) groups is 1. The third kappa shape index (κ3) is 10.7. The van der Waals surface area contributed by atoms with E-state index >= 15 is 0 Å². The van der Waals surface area contributed by atoms with Crippen LogP contribution in [0.15, 0.2) is 4.99 Å². The van der Waals surface area contributed by atoms with Crippen LogP contribution in [-0.4, -0.2) is 18.4 Å². The molecule has 0 saturated carbocycles. The van der Waals surface area contributed by atoms with Gasteiger partial charge in [-0.25, -0.2) is 0 Å². The summed E-state index contributed by atoms with van der Waals surface area (Å²) in [5.41, 5.74) is 15.3. The van der Waals surface area contributed by atoms with Crippen molar-refractivity contribution in [3.8, 4) is 0 Å². The van der Waals surface area contributed by atoms with Crippen molar-refractivity contribution in [1.29, 1.82) is 0 Å². The number of rotatable bonds is 8. The maximum Gasteiger partial charge on any atom is 0.217 e. The zero-order valence-electron chi connectivity index (χ0n) is 8.54. The van der Waals surface area contributed by atoms with E-state index in [1.807, 2.05) is 0 Å². The minimum Gasteiger partial charge on any atom is -0.370 e. The Labute approximate surface area is 84.7 Å². The topological polar surface area (TPSA) is 107 Å². The Kier molecular flexibility index (Phi) is 7.59. The third-order valence-electron chi connectivity index (χ3n) is 1.88. The van der Waals surface area contributed by atoms with Gasteiger partial charge in [0, 0.05) is 13.0 Å².